The van der Waals surface area contributed by atoms with Crippen molar-refractivity contribution >= 4 is 23.6 Å². The topological polar surface area (TPSA) is 69.4 Å². The Morgan fingerprint density at radius 1 is 1.20 bits per heavy atom. The van der Waals surface area contributed by atoms with Crippen LogP contribution in [0.5, 0.6) is 11.5 Å². The van der Waals surface area contributed by atoms with Gasteiger partial charge < -0.3 is 4.74 Å². The van der Waals surface area contributed by atoms with E-state index in [1.165, 1.54) is 12.1 Å². The van der Waals surface area contributed by atoms with Gasteiger partial charge in [0.1, 0.15) is 11.5 Å². The van der Waals surface area contributed by atoms with E-state index in [9.17, 15) is 14.9 Å². The minimum atomic E-state index is -0.485. The highest BCUT2D eigenvalue weighted by atomic mass is 35.5. The van der Waals surface area contributed by atoms with Gasteiger partial charge in [0.15, 0.2) is 6.29 Å². The van der Waals surface area contributed by atoms with E-state index in [2.05, 4.69) is 0 Å². The zero-order valence-corrected chi connectivity index (χ0v) is 11.3. The summed E-state index contributed by atoms with van der Waals surface area (Å²) in [6.45, 7) is 1.58. The van der Waals surface area contributed by atoms with Gasteiger partial charge in [-0.1, -0.05) is 23.7 Å². The number of hydrogen-bond donors (Lipinski definition) is 0. The Hall–Kier alpha value is -2.40. The number of rotatable bonds is 4. The molecule has 2 rings (SSSR count). The second-order valence-corrected chi connectivity index (χ2v) is 4.44. The first-order valence-electron chi connectivity index (χ1n) is 5.70. The van der Waals surface area contributed by atoms with Gasteiger partial charge in [-0.25, -0.2) is 0 Å². The number of hydrogen-bond acceptors (Lipinski definition) is 4. The molecule has 0 aliphatic rings. The smallest absolute Gasteiger partial charge is 0.276 e. The van der Waals surface area contributed by atoms with E-state index in [1.54, 1.807) is 31.2 Å². The standard InChI is InChI=1S/C14H10ClNO4/c1-9-12(16(18)19)5-3-6-13(9)20-14-7-2-4-11(15)10(14)8-17/h2-8H,1H3. The fraction of sp³-hybridized carbons (Fsp3) is 0.0714. The Morgan fingerprint density at radius 3 is 2.50 bits per heavy atom. The van der Waals surface area contributed by atoms with Crippen molar-refractivity contribution in [1.29, 1.82) is 0 Å². The van der Waals surface area contributed by atoms with Gasteiger partial charge in [-0.3, -0.25) is 14.9 Å². The maximum atomic E-state index is 11.0. The van der Waals surface area contributed by atoms with Gasteiger partial charge in [-0.2, -0.15) is 0 Å². The molecule has 0 fully saturated rings. The van der Waals surface area contributed by atoms with E-state index < -0.39 is 4.92 Å². The van der Waals surface area contributed by atoms with Crippen LogP contribution in [-0.2, 0) is 0 Å². The average molecular weight is 292 g/mol. The molecule has 0 aliphatic carbocycles. The van der Waals surface area contributed by atoms with Gasteiger partial charge in [-0.05, 0) is 25.1 Å². The van der Waals surface area contributed by atoms with Crippen LogP contribution in [-0.4, -0.2) is 11.2 Å². The Bertz CT molecular complexity index is 685. The molecule has 0 atom stereocenters. The van der Waals surface area contributed by atoms with Crippen LogP contribution in [0, 0.1) is 17.0 Å². The largest absolute Gasteiger partial charge is 0.456 e. The van der Waals surface area contributed by atoms with Gasteiger partial charge >= 0.3 is 0 Å². The van der Waals surface area contributed by atoms with Crippen molar-refractivity contribution in [2.75, 3.05) is 0 Å². The molecule has 0 saturated carbocycles. The van der Waals surface area contributed by atoms with Gasteiger partial charge in [0, 0.05) is 6.07 Å². The predicted octanol–water partition coefficient (Wildman–Crippen LogP) is 4.16. The summed E-state index contributed by atoms with van der Waals surface area (Å²) in [5, 5.41) is 11.1. The van der Waals surface area contributed by atoms with E-state index >= 15 is 0 Å². The van der Waals surface area contributed by atoms with E-state index in [-0.39, 0.29) is 22.0 Å². The zero-order chi connectivity index (χ0) is 14.7. The quantitative estimate of drug-likeness (QED) is 0.482. The van der Waals surface area contributed by atoms with Crippen LogP contribution in [0.25, 0.3) is 0 Å². The number of carbonyl (C=O) groups excluding carboxylic acids is 1. The molecule has 0 aromatic heterocycles. The predicted molar refractivity (Wildman–Crippen MR) is 74.7 cm³/mol. The highest BCUT2D eigenvalue weighted by Gasteiger charge is 2.16. The van der Waals surface area contributed by atoms with E-state index in [0.29, 0.717) is 17.6 Å². The maximum absolute atomic E-state index is 11.0. The normalized spacial score (nSPS) is 10.1. The Labute approximate surface area is 119 Å². The molecule has 2 aromatic carbocycles. The minimum absolute atomic E-state index is 0.0443. The van der Waals surface area contributed by atoms with Crippen LogP contribution in [0.4, 0.5) is 5.69 Å². The number of nitrogens with zero attached hydrogens (tertiary/aromatic N) is 1. The van der Waals surface area contributed by atoms with Gasteiger partial charge in [0.25, 0.3) is 5.69 Å². The molecule has 0 bridgehead atoms. The fourth-order valence-electron chi connectivity index (χ4n) is 1.75. The molecule has 0 radical (unpaired) electrons. The average Bonchev–Trinajstić information content (AvgIpc) is 2.41. The van der Waals surface area contributed by atoms with E-state index in [0.717, 1.165) is 0 Å². The van der Waals surface area contributed by atoms with Gasteiger partial charge in [-0.15, -0.1) is 0 Å². The number of aldehydes is 1. The summed E-state index contributed by atoms with van der Waals surface area (Å²) in [5.41, 5.74) is 0.548. The summed E-state index contributed by atoms with van der Waals surface area (Å²) >= 11 is 5.90. The molecule has 5 nitrogen and oxygen atoms in total. The third-order valence-electron chi connectivity index (χ3n) is 2.80. The van der Waals surface area contributed by atoms with Crippen molar-refractivity contribution in [2.45, 2.75) is 6.92 Å². The number of nitro benzene ring substituents is 1. The fourth-order valence-corrected chi connectivity index (χ4v) is 1.96. The third-order valence-corrected chi connectivity index (χ3v) is 3.13. The Balaban J connectivity index is 2.46. The first kappa shape index (κ1) is 14.0. The summed E-state index contributed by atoms with van der Waals surface area (Å²) in [4.78, 5) is 21.4. The second kappa shape index (κ2) is 5.71. The number of nitro groups is 1. The van der Waals surface area contributed by atoms with E-state index in [4.69, 9.17) is 16.3 Å². The lowest BCUT2D eigenvalue weighted by molar-refractivity contribution is -0.385. The summed E-state index contributed by atoms with van der Waals surface area (Å²) < 4.78 is 5.58. The summed E-state index contributed by atoms with van der Waals surface area (Å²) in [6.07, 6.45) is 0.588. The molecule has 2 aromatic rings. The first-order chi connectivity index (χ1) is 9.54. The van der Waals surface area contributed by atoms with Crippen LogP contribution in [0.1, 0.15) is 15.9 Å². The molecule has 0 aliphatic heterocycles. The lowest BCUT2D eigenvalue weighted by Crippen LogP contribution is -1.96. The van der Waals surface area contributed by atoms with Crippen LogP contribution in [0.15, 0.2) is 36.4 Å². The second-order valence-electron chi connectivity index (χ2n) is 4.03. The summed E-state index contributed by atoms with van der Waals surface area (Å²) in [5.74, 6) is 0.570. The number of benzene rings is 2. The molecule has 0 amide bonds. The molecule has 6 heteroatoms. The van der Waals surface area contributed by atoms with Gasteiger partial charge in [0.2, 0.25) is 0 Å². The third kappa shape index (κ3) is 2.62. The van der Waals surface area contributed by atoms with Crippen molar-refractivity contribution in [3.05, 3.63) is 62.7 Å². The summed E-state index contributed by atoms with van der Waals surface area (Å²) in [7, 11) is 0. The Kier molecular flexibility index (Phi) is 4.00. The molecular weight excluding hydrogens is 282 g/mol. The van der Waals surface area contributed by atoms with Crippen molar-refractivity contribution in [3.63, 3.8) is 0 Å². The maximum Gasteiger partial charge on any atom is 0.276 e. The van der Waals surface area contributed by atoms with Crippen LogP contribution in [0.3, 0.4) is 0 Å². The number of carbonyl (C=O) groups is 1. The van der Waals surface area contributed by atoms with Crippen molar-refractivity contribution in [1.82, 2.24) is 0 Å². The van der Waals surface area contributed by atoms with Crippen molar-refractivity contribution < 1.29 is 14.5 Å². The lowest BCUT2D eigenvalue weighted by atomic mass is 10.1. The van der Waals surface area contributed by atoms with E-state index in [1.807, 2.05) is 0 Å². The van der Waals surface area contributed by atoms with Crippen molar-refractivity contribution in [2.24, 2.45) is 0 Å². The Morgan fingerprint density at radius 2 is 1.85 bits per heavy atom. The van der Waals surface area contributed by atoms with Crippen LogP contribution < -0.4 is 4.74 Å². The molecule has 0 spiro atoms. The SMILES string of the molecule is Cc1c(Oc2cccc(Cl)c2C=O)cccc1[N+](=O)[O-]. The summed E-state index contributed by atoms with van der Waals surface area (Å²) in [6, 6.07) is 9.29. The highest BCUT2D eigenvalue weighted by Crippen LogP contribution is 2.33. The number of ether oxygens (including phenoxy) is 1. The lowest BCUT2D eigenvalue weighted by Gasteiger charge is -2.11. The minimum Gasteiger partial charge on any atom is -0.456 e. The monoisotopic (exact) mass is 291 g/mol. The molecule has 0 N–H and O–H groups in total. The molecule has 0 unspecified atom stereocenters. The molecule has 102 valence electrons. The molecule has 0 heterocycles. The van der Waals surface area contributed by atoms with Gasteiger partial charge in [0.05, 0.1) is 21.1 Å². The van der Waals surface area contributed by atoms with Crippen LogP contribution in [0.2, 0.25) is 5.02 Å². The molecular formula is C14H10ClNO4. The zero-order valence-electron chi connectivity index (χ0n) is 10.5. The highest BCUT2D eigenvalue weighted by molar-refractivity contribution is 6.33. The molecule has 0 saturated heterocycles. The molecule has 20 heavy (non-hydrogen) atoms. The number of halogens is 1. The first-order valence-corrected chi connectivity index (χ1v) is 6.08. The van der Waals surface area contributed by atoms with Crippen LogP contribution >= 0.6 is 11.6 Å². The van der Waals surface area contributed by atoms with Crippen molar-refractivity contribution in [3.8, 4) is 11.5 Å².